The molecule has 122 valence electrons. The van der Waals surface area contributed by atoms with Gasteiger partial charge in [-0.25, -0.2) is 4.39 Å². The lowest BCUT2D eigenvalue weighted by Gasteiger charge is -2.27. The maximum Gasteiger partial charge on any atom is 0.123 e. The van der Waals surface area contributed by atoms with E-state index in [9.17, 15) is 4.39 Å². The molecule has 0 amide bonds. The van der Waals surface area contributed by atoms with Gasteiger partial charge in [-0.15, -0.1) is 0 Å². The van der Waals surface area contributed by atoms with Crippen molar-refractivity contribution in [1.82, 2.24) is 0 Å². The predicted octanol–water partition coefficient (Wildman–Crippen LogP) is 6.60. The summed E-state index contributed by atoms with van der Waals surface area (Å²) in [6, 6.07) is 24.7. The standard InChI is InChI=1S/C24H19F/c25-18-7-3-6-17(15-18)20-9-4-10-21-23(20)14-13-22-19-8-2-1-5-16(19)11-12-24(21)22/h1-3,5-8,11-15,20H,4,9-10H2. The SMILES string of the molecule is Fc1cccc(C2CCCc3c2ccc2c3ccc3ccccc32)c1. The van der Waals surface area contributed by atoms with Gasteiger partial charge in [-0.3, -0.25) is 0 Å². The number of hydrogen-bond acceptors (Lipinski definition) is 0. The Balaban J connectivity index is 1.75. The molecule has 0 spiro atoms. The molecule has 0 N–H and O–H groups in total. The van der Waals surface area contributed by atoms with E-state index >= 15 is 0 Å². The number of halogens is 1. The summed E-state index contributed by atoms with van der Waals surface area (Å²) in [4.78, 5) is 0. The maximum atomic E-state index is 13.7. The lowest BCUT2D eigenvalue weighted by molar-refractivity contribution is 0.600. The Morgan fingerprint density at radius 2 is 1.64 bits per heavy atom. The first kappa shape index (κ1) is 14.7. The topological polar surface area (TPSA) is 0 Å². The van der Waals surface area contributed by atoms with Crippen LogP contribution in [0.3, 0.4) is 0 Å². The highest BCUT2D eigenvalue weighted by Crippen LogP contribution is 2.41. The molecule has 1 atom stereocenters. The highest BCUT2D eigenvalue weighted by Gasteiger charge is 2.23. The van der Waals surface area contributed by atoms with E-state index in [0.29, 0.717) is 5.92 Å². The summed E-state index contributed by atoms with van der Waals surface area (Å²) in [5.74, 6) is 0.159. The maximum absolute atomic E-state index is 13.7. The third-order valence-electron chi connectivity index (χ3n) is 5.62. The molecule has 0 fully saturated rings. The van der Waals surface area contributed by atoms with Crippen LogP contribution in [0.1, 0.15) is 35.4 Å². The van der Waals surface area contributed by atoms with Crippen LogP contribution < -0.4 is 0 Å². The number of hydrogen-bond donors (Lipinski definition) is 0. The van der Waals surface area contributed by atoms with Crippen LogP contribution in [0.15, 0.2) is 72.8 Å². The minimum absolute atomic E-state index is 0.142. The normalized spacial score (nSPS) is 16.9. The van der Waals surface area contributed by atoms with E-state index in [1.807, 2.05) is 6.07 Å². The van der Waals surface area contributed by atoms with Crippen molar-refractivity contribution in [3.63, 3.8) is 0 Å². The minimum Gasteiger partial charge on any atom is -0.207 e. The van der Waals surface area contributed by atoms with Gasteiger partial charge in [-0.2, -0.15) is 0 Å². The van der Waals surface area contributed by atoms with E-state index in [-0.39, 0.29) is 5.82 Å². The number of fused-ring (bicyclic) bond motifs is 5. The molecular weight excluding hydrogens is 307 g/mol. The molecule has 5 rings (SSSR count). The fourth-order valence-corrected chi connectivity index (χ4v) is 4.48. The fraction of sp³-hybridized carbons (Fsp3) is 0.167. The molecule has 0 radical (unpaired) electrons. The predicted molar refractivity (Wildman–Crippen MR) is 103 cm³/mol. The van der Waals surface area contributed by atoms with Crippen LogP contribution in [0.2, 0.25) is 0 Å². The number of benzene rings is 4. The van der Waals surface area contributed by atoms with Crippen LogP contribution in [-0.2, 0) is 6.42 Å². The van der Waals surface area contributed by atoms with E-state index < -0.39 is 0 Å². The lowest BCUT2D eigenvalue weighted by atomic mass is 9.77. The molecule has 0 saturated heterocycles. The highest BCUT2D eigenvalue weighted by molar-refractivity contribution is 6.08. The van der Waals surface area contributed by atoms with Gasteiger partial charge in [0.25, 0.3) is 0 Å². The molecule has 0 nitrogen and oxygen atoms in total. The Morgan fingerprint density at radius 1 is 0.760 bits per heavy atom. The summed E-state index contributed by atoms with van der Waals surface area (Å²) in [5.41, 5.74) is 3.92. The number of rotatable bonds is 1. The van der Waals surface area contributed by atoms with Crippen molar-refractivity contribution in [1.29, 1.82) is 0 Å². The molecule has 1 unspecified atom stereocenters. The van der Waals surface area contributed by atoms with Gasteiger partial charge in [0.2, 0.25) is 0 Å². The largest absolute Gasteiger partial charge is 0.207 e. The van der Waals surface area contributed by atoms with Gasteiger partial charge < -0.3 is 0 Å². The van der Waals surface area contributed by atoms with Crippen LogP contribution in [0.4, 0.5) is 4.39 Å². The molecule has 0 aliphatic heterocycles. The lowest BCUT2D eigenvalue weighted by Crippen LogP contribution is -2.11. The zero-order valence-corrected chi connectivity index (χ0v) is 14.0. The van der Waals surface area contributed by atoms with Crippen molar-refractivity contribution in [3.8, 4) is 0 Å². The third kappa shape index (κ3) is 2.34. The Morgan fingerprint density at radius 3 is 2.56 bits per heavy atom. The molecule has 1 heteroatoms. The van der Waals surface area contributed by atoms with Gasteiger partial charge in [-0.05, 0) is 69.6 Å². The molecule has 0 bridgehead atoms. The summed E-state index contributed by atoms with van der Waals surface area (Å²) in [6.45, 7) is 0. The molecular formula is C24H19F. The van der Waals surface area contributed by atoms with Gasteiger partial charge in [0.1, 0.15) is 5.82 Å². The molecule has 4 aromatic carbocycles. The quantitative estimate of drug-likeness (QED) is 0.346. The Hall–Kier alpha value is -2.67. The Kier molecular flexibility index (Phi) is 3.34. The molecule has 4 aromatic rings. The van der Waals surface area contributed by atoms with E-state index in [0.717, 1.165) is 24.8 Å². The molecule has 25 heavy (non-hydrogen) atoms. The smallest absolute Gasteiger partial charge is 0.123 e. The van der Waals surface area contributed by atoms with E-state index in [2.05, 4.69) is 54.6 Å². The van der Waals surface area contributed by atoms with Crippen molar-refractivity contribution in [2.24, 2.45) is 0 Å². The van der Waals surface area contributed by atoms with Crippen LogP contribution in [0.5, 0.6) is 0 Å². The highest BCUT2D eigenvalue weighted by atomic mass is 19.1. The second-order valence-electron chi connectivity index (χ2n) is 7.01. The van der Waals surface area contributed by atoms with E-state index in [1.165, 1.54) is 38.7 Å². The Labute approximate surface area is 146 Å². The monoisotopic (exact) mass is 326 g/mol. The zero-order chi connectivity index (χ0) is 16.8. The minimum atomic E-state index is -0.142. The van der Waals surface area contributed by atoms with Crippen LogP contribution >= 0.6 is 0 Å². The van der Waals surface area contributed by atoms with Gasteiger partial charge >= 0.3 is 0 Å². The molecule has 0 aromatic heterocycles. The van der Waals surface area contributed by atoms with Crippen molar-refractivity contribution in [2.45, 2.75) is 25.2 Å². The Bertz CT molecular complexity index is 1090. The summed E-state index contributed by atoms with van der Waals surface area (Å²) in [6.07, 6.45) is 3.35. The second kappa shape index (κ2) is 5.70. The van der Waals surface area contributed by atoms with E-state index in [1.54, 1.807) is 6.07 Å². The molecule has 1 aliphatic carbocycles. The van der Waals surface area contributed by atoms with Crippen molar-refractivity contribution >= 4 is 21.5 Å². The summed E-state index contributed by atoms with van der Waals surface area (Å²) in [5, 5.41) is 5.29. The van der Waals surface area contributed by atoms with Crippen LogP contribution in [0, 0.1) is 5.82 Å². The van der Waals surface area contributed by atoms with E-state index in [4.69, 9.17) is 0 Å². The fourth-order valence-electron chi connectivity index (χ4n) is 4.48. The van der Waals surface area contributed by atoms with Gasteiger partial charge in [0, 0.05) is 5.92 Å². The average Bonchev–Trinajstić information content (AvgIpc) is 2.67. The van der Waals surface area contributed by atoms with Crippen molar-refractivity contribution in [3.05, 3.63) is 95.3 Å². The molecule has 1 aliphatic rings. The summed E-state index contributed by atoms with van der Waals surface area (Å²) < 4.78 is 13.7. The van der Waals surface area contributed by atoms with Crippen LogP contribution in [0.25, 0.3) is 21.5 Å². The first-order valence-corrected chi connectivity index (χ1v) is 9.00. The second-order valence-corrected chi connectivity index (χ2v) is 7.01. The molecule has 0 heterocycles. The summed E-state index contributed by atoms with van der Waals surface area (Å²) in [7, 11) is 0. The summed E-state index contributed by atoms with van der Waals surface area (Å²) >= 11 is 0. The van der Waals surface area contributed by atoms with Gasteiger partial charge in [-0.1, -0.05) is 60.7 Å². The van der Waals surface area contributed by atoms with Crippen molar-refractivity contribution < 1.29 is 4.39 Å². The average molecular weight is 326 g/mol. The van der Waals surface area contributed by atoms with Gasteiger partial charge in [0.05, 0.1) is 0 Å². The van der Waals surface area contributed by atoms with Crippen LogP contribution in [-0.4, -0.2) is 0 Å². The first-order valence-electron chi connectivity index (χ1n) is 9.00. The molecule has 0 saturated carbocycles. The van der Waals surface area contributed by atoms with Gasteiger partial charge in [0.15, 0.2) is 0 Å². The third-order valence-corrected chi connectivity index (χ3v) is 5.62. The van der Waals surface area contributed by atoms with Crippen molar-refractivity contribution in [2.75, 3.05) is 0 Å². The first-order chi connectivity index (χ1) is 12.3. The zero-order valence-electron chi connectivity index (χ0n) is 14.0. The number of aryl methyl sites for hydroxylation is 1.